The van der Waals surface area contributed by atoms with Gasteiger partial charge in [0.25, 0.3) is 0 Å². The minimum absolute atomic E-state index is 0.0332. The van der Waals surface area contributed by atoms with E-state index in [2.05, 4.69) is 15.0 Å². The Bertz CT molecular complexity index is 1260. The number of amides is 1. The largest absolute Gasteiger partial charge is 0.573 e. The summed E-state index contributed by atoms with van der Waals surface area (Å²) in [5.74, 6) is -0.140. The average Bonchev–Trinajstić information content (AvgIpc) is 3.17. The van der Waals surface area contributed by atoms with Crippen LogP contribution in [0.5, 0.6) is 11.5 Å². The van der Waals surface area contributed by atoms with Crippen molar-refractivity contribution in [3.05, 3.63) is 78.4 Å². The number of hydrogen-bond acceptors (Lipinski definition) is 3. The molecule has 33 heavy (non-hydrogen) atoms. The highest BCUT2D eigenvalue weighted by Crippen LogP contribution is 2.33. The summed E-state index contributed by atoms with van der Waals surface area (Å²) in [7, 11) is 1.60. The van der Waals surface area contributed by atoms with Crippen molar-refractivity contribution >= 4 is 22.5 Å². The second kappa shape index (κ2) is 9.28. The summed E-state index contributed by atoms with van der Waals surface area (Å²) in [6.07, 6.45) is -4.39. The van der Waals surface area contributed by atoms with E-state index in [0.717, 1.165) is 39.5 Å². The Balaban J connectivity index is 1.56. The van der Waals surface area contributed by atoms with Gasteiger partial charge >= 0.3 is 6.36 Å². The van der Waals surface area contributed by atoms with Gasteiger partial charge in [0.05, 0.1) is 12.8 Å². The van der Waals surface area contributed by atoms with Crippen molar-refractivity contribution in [2.75, 3.05) is 12.4 Å². The number of para-hydroxylation sites is 3. The Morgan fingerprint density at radius 1 is 0.970 bits per heavy atom. The molecular weight excluding hydrogens is 433 g/mol. The number of methoxy groups -OCH3 is 1. The van der Waals surface area contributed by atoms with Gasteiger partial charge in [0.1, 0.15) is 5.75 Å². The molecule has 2 N–H and O–H groups in total. The summed E-state index contributed by atoms with van der Waals surface area (Å²) in [4.78, 5) is 16.0. The number of alkyl halides is 3. The third kappa shape index (κ3) is 5.28. The van der Waals surface area contributed by atoms with E-state index in [0.29, 0.717) is 6.42 Å². The van der Waals surface area contributed by atoms with E-state index in [1.165, 1.54) is 18.2 Å². The molecule has 170 valence electrons. The summed E-state index contributed by atoms with van der Waals surface area (Å²) in [5, 5.41) is 3.51. The van der Waals surface area contributed by atoms with E-state index in [1.807, 2.05) is 48.5 Å². The van der Waals surface area contributed by atoms with Crippen LogP contribution in [0.2, 0.25) is 0 Å². The molecule has 4 rings (SSSR count). The number of anilines is 1. The SMILES string of the molecule is COc1ccc(-c2[nH]c3ccccc3c2CCC(=O)Nc2ccccc2OC(F)(F)F)cc1. The average molecular weight is 454 g/mol. The van der Waals surface area contributed by atoms with Crippen molar-refractivity contribution < 1.29 is 27.4 Å². The first-order chi connectivity index (χ1) is 15.8. The lowest BCUT2D eigenvalue weighted by Crippen LogP contribution is -2.19. The molecule has 0 fully saturated rings. The summed E-state index contributed by atoms with van der Waals surface area (Å²) in [6, 6.07) is 20.8. The number of ether oxygens (including phenoxy) is 2. The van der Waals surface area contributed by atoms with Gasteiger partial charge in [0.15, 0.2) is 5.75 Å². The number of nitrogens with one attached hydrogen (secondary N) is 2. The lowest BCUT2D eigenvalue weighted by molar-refractivity contribution is -0.274. The number of H-pyrrole nitrogens is 1. The number of hydrogen-bond donors (Lipinski definition) is 2. The lowest BCUT2D eigenvalue weighted by Gasteiger charge is -2.14. The summed E-state index contributed by atoms with van der Waals surface area (Å²) in [5.41, 5.74) is 3.67. The van der Waals surface area contributed by atoms with Gasteiger partial charge < -0.3 is 19.8 Å². The summed E-state index contributed by atoms with van der Waals surface area (Å²) >= 11 is 0. The van der Waals surface area contributed by atoms with Crippen LogP contribution in [0.4, 0.5) is 18.9 Å². The van der Waals surface area contributed by atoms with Crippen LogP contribution < -0.4 is 14.8 Å². The molecule has 1 amide bonds. The number of rotatable bonds is 7. The highest BCUT2D eigenvalue weighted by atomic mass is 19.4. The summed E-state index contributed by atoms with van der Waals surface area (Å²) in [6.45, 7) is 0. The highest BCUT2D eigenvalue weighted by molar-refractivity contribution is 5.94. The molecule has 1 heterocycles. The molecule has 0 bridgehead atoms. The zero-order valence-electron chi connectivity index (χ0n) is 17.7. The van der Waals surface area contributed by atoms with E-state index in [1.54, 1.807) is 7.11 Å². The third-order valence-corrected chi connectivity index (χ3v) is 5.18. The van der Waals surface area contributed by atoms with Crippen molar-refractivity contribution in [3.63, 3.8) is 0 Å². The van der Waals surface area contributed by atoms with Gasteiger partial charge in [-0.25, -0.2) is 0 Å². The molecule has 8 heteroatoms. The monoisotopic (exact) mass is 454 g/mol. The van der Waals surface area contributed by atoms with Crippen LogP contribution in [0.3, 0.4) is 0 Å². The Hall–Kier alpha value is -3.94. The first kappa shape index (κ1) is 22.3. The van der Waals surface area contributed by atoms with Crippen LogP contribution in [-0.2, 0) is 11.2 Å². The van der Waals surface area contributed by atoms with Gasteiger partial charge in [0, 0.05) is 23.0 Å². The Kier molecular flexibility index (Phi) is 6.26. The molecule has 0 saturated heterocycles. The van der Waals surface area contributed by atoms with E-state index in [4.69, 9.17) is 4.74 Å². The minimum atomic E-state index is -4.85. The molecule has 4 aromatic rings. The van der Waals surface area contributed by atoms with Gasteiger partial charge in [0.2, 0.25) is 5.91 Å². The molecule has 0 saturated carbocycles. The normalized spacial score (nSPS) is 11.4. The maximum absolute atomic E-state index is 12.6. The smallest absolute Gasteiger partial charge is 0.497 e. The van der Waals surface area contributed by atoms with Crippen molar-refractivity contribution in [2.24, 2.45) is 0 Å². The van der Waals surface area contributed by atoms with Gasteiger partial charge in [-0.15, -0.1) is 13.2 Å². The third-order valence-electron chi connectivity index (χ3n) is 5.18. The maximum Gasteiger partial charge on any atom is 0.573 e. The fourth-order valence-electron chi connectivity index (χ4n) is 3.70. The Morgan fingerprint density at radius 2 is 1.67 bits per heavy atom. The van der Waals surface area contributed by atoms with Crippen molar-refractivity contribution in [3.8, 4) is 22.8 Å². The topological polar surface area (TPSA) is 63.4 Å². The molecule has 0 atom stereocenters. The molecule has 0 unspecified atom stereocenters. The van der Waals surface area contributed by atoms with E-state index < -0.39 is 18.0 Å². The standard InChI is InChI=1S/C25H21F3N2O3/c1-32-17-12-10-16(11-13-17)24-19(18-6-2-3-7-20(18)30-24)14-15-23(31)29-21-8-4-5-9-22(21)33-25(26,27)28/h2-13,30H,14-15H2,1H3,(H,29,31). The van der Waals surface area contributed by atoms with Gasteiger partial charge in [-0.05, 0) is 60.0 Å². The highest BCUT2D eigenvalue weighted by Gasteiger charge is 2.32. The number of halogens is 3. The van der Waals surface area contributed by atoms with Crippen molar-refractivity contribution in [1.29, 1.82) is 0 Å². The van der Waals surface area contributed by atoms with Gasteiger partial charge in [-0.1, -0.05) is 30.3 Å². The predicted octanol–water partition coefficient (Wildman–Crippen LogP) is 6.31. The minimum Gasteiger partial charge on any atom is -0.497 e. The predicted molar refractivity (Wildman–Crippen MR) is 120 cm³/mol. The number of carbonyl (C=O) groups is 1. The van der Waals surface area contributed by atoms with Crippen LogP contribution in [0.15, 0.2) is 72.8 Å². The van der Waals surface area contributed by atoms with Crippen LogP contribution >= 0.6 is 0 Å². The molecular formula is C25H21F3N2O3. The quantitative estimate of drug-likeness (QED) is 0.344. The number of fused-ring (bicyclic) bond motifs is 1. The maximum atomic E-state index is 12.6. The van der Waals surface area contributed by atoms with E-state index in [9.17, 15) is 18.0 Å². The van der Waals surface area contributed by atoms with Crippen LogP contribution in [0, 0.1) is 0 Å². The number of aryl methyl sites for hydroxylation is 1. The number of aromatic amines is 1. The summed E-state index contributed by atoms with van der Waals surface area (Å²) < 4.78 is 47.2. The van der Waals surface area contributed by atoms with Crippen LogP contribution in [0.25, 0.3) is 22.2 Å². The molecule has 5 nitrogen and oxygen atoms in total. The second-order valence-electron chi connectivity index (χ2n) is 7.34. The zero-order chi connectivity index (χ0) is 23.4. The number of carbonyl (C=O) groups excluding carboxylic acids is 1. The molecule has 0 aliphatic carbocycles. The first-order valence-corrected chi connectivity index (χ1v) is 10.2. The fourth-order valence-corrected chi connectivity index (χ4v) is 3.70. The molecule has 0 radical (unpaired) electrons. The molecule has 0 aliphatic rings. The number of benzene rings is 3. The molecule has 0 spiro atoms. The lowest BCUT2D eigenvalue weighted by atomic mass is 10.0. The first-order valence-electron chi connectivity index (χ1n) is 10.2. The van der Waals surface area contributed by atoms with Crippen LogP contribution in [-0.4, -0.2) is 24.4 Å². The van der Waals surface area contributed by atoms with Crippen molar-refractivity contribution in [1.82, 2.24) is 4.98 Å². The second-order valence-corrected chi connectivity index (χ2v) is 7.34. The Labute approximate surface area is 188 Å². The molecule has 3 aromatic carbocycles. The Morgan fingerprint density at radius 3 is 2.39 bits per heavy atom. The number of aromatic nitrogens is 1. The van der Waals surface area contributed by atoms with E-state index >= 15 is 0 Å². The molecule has 0 aliphatic heterocycles. The zero-order valence-corrected chi connectivity index (χ0v) is 17.7. The van der Waals surface area contributed by atoms with Crippen molar-refractivity contribution in [2.45, 2.75) is 19.2 Å². The van der Waals surface area contributed by atoms with Gasteiger partial charge in [-0.2, -0.15) is 0 Å². The molecule has 1 aromatic heterocycles. The van der Waals surface area contributed by atoms with E-state index in [-0.39, 0.29) is 12.1 Å². The fraction of sp³-hybridized carbons (Fsp3) is 0.160. The van der Waals surface area contributed by atoms with Gasteiger partial charge in [-0.3, -0.25) is 4.79 Å². The van der Waals surface area contributed by atoms with Crippen LogP contribution in [0.1, 0.15) is 12.0 Å².